The van der Waals surface area contributed by atoms with Crippen molar-refractivity contribution in [1.82, 2.24) is 0 Å². The van der Waals surface area contributed by atoms with Gasteiger partial charge in [-0.15, -0.1) is 0 Å². The fourth-order valence-electron chi connectivity index (χ4n) is 6.29. The van der Waals surface area contributed by atoms with Gasteiger partial charge in [-0.2, -0.15) is 0 Å². The zero-order valence-electron chi connectivity index (χ0n) is 16.5. The van der Waals surface area contributed by atoms with Gasteiger partial charge in [-0.25, -0.2) is 0 Å². The average Bonchev–Trinajstić information content (AvgIpc) is 2.69. The fourth-order valence-corrected chi connectivity index (χ4v) is 6.29. The van der Waals surface area contributed by atoms with E-state index in [1.54, 1.807) is 0 Å². The van der Waals surface area contributed by atoms with E-state index in [9.17, 15) is 4.79 Å². The molecule has 0 bridgehead atoms. The molecule has 0 aromatic rings. The summed E-state index contributed by atoms with van der Waals surface area (Å²) in [7, 11) is 0. The summed E-state index contributed by atoms with van der Waals surface area (Å²) in [5, 5.41) is 0. The zero-order chi connectivity index (χ0) is 17.5. The average molecular weight is 345 g/mol. The molecule has 3 rings (SSSR count). The maximum Gasteiger partial charge on any atom is 0.123 e. The summed E-state index contributed by atoms with van der Waals surface area (Å²) in [5.41, 5.74) is 0. The first-order chi connectivity index (χ1) is 12.3. The minimum atomic E-state index is 0.385. The monoisotopic (exact) mass is 344 g/mol. The van der Waals surface area contributed by atoms with Crippen molar-refractivity contribution in [2.75, 3.05) is 0 Å². The number of rotatable bonds is 6. The highest BCUT2D eigenvalue weighted by molar-refractivity contribution is 5.53. The molecule has 0 unspecified atom stereocenters. The van der Waals surface area contributed by atoms with Gasteiger partial charge in [0.2, 0.25) is 0 Å². The number of aldehydes is 1. The Morgan fingerprint density at radius 2 is 1.12 bits per heavy atom. The number of carbonyl (C=O) groups excluding carboxylic acids is 1. The third-order valence-electron chi connectivity index (χ3n) is 8.03. The summed E-state index contributed by atoms with van der Waals surface area (Å²) < 4.78 is 0. The molecule has 1 nitrogen and oxygen atoms in total. The molecular weight excluding hydrogens is 304 g/mol. The SMILES string of the molecule is C/C=C/CCC1CCC(C2CCC(C3CCC(C=O)CC3)CC2)CC1. The summed E-state index contributed by atoms with van der Waals surface area (Å²) in [6.07, 6.45) is 25.5. The highest BCUT2D eigenvalue weighted by atomic mass is 16.1. The summed E-state index contributed by atoms with van der Waals surface area (Å²) in [6.45, 7) is 2.14. The van der Waals surface area contributed by atoms with Gasteiger partial charge < -0.3 is 4.79 Å². The molecule has 3 aliphatic carbocycles. The Kier molecular flexibility index (Phi) is 7.62. The second-order valence-corrected chi connectivity index (χ2v) is 9.41. The molecular formula is C24H40O. The standard InChI is InChI=1S/C24H40O/c1-2-3-4-5-19-6-10-21(11-7-19)23-14-16-24(17-15-23)22-12-8-20(18-25)9-13-22/h2-3,18-24H,4-17H2,1H3/b3-2+. The van der Waals surface area contributed by atoms with Crippen molar-refractivity contribution in [3.8, 4) is 0 Å². The number of carbonyl (C=O) groups is 1. The van der Waals surface area contributed by atoms with Gasteiger partial charge in [0.05, 0.1) is 0 Å². The molecule has 1 heteroatoms. The lowest BCUT2D eigenvalue weighted by Crippen LogP contribution is -2.30. The van der Waals surface area contributed by atoms with Crippen LogP contribution in [-0.4, -0.2) is 6.29 Å². The van der Waals surface area contributed by atoms with Gasteiger partial charge in [0.25, 0.3) is 0 Å². The van der Waals surface area contributed by atoms with Crippen LogP contribution in [0.5, 0.6) is 0 Å². The molecule has 0 saturated heterocycles. The molecule has 142 valence electrons. The molecule has 0 N–H and O–H groups in total. The molecule has 25 heavy (non-hydrogen) atoms. The van der Waals surface area contributed by atoms with Crippen molar-refractivity contribution in [1.29, 1.82) is 0 Å². The number of hydrogen-bond acceptors (Lipinski definition) is 1. The van der Waals surface area contributed by atoms with Crippen LogP contribution in [0.15, 0.2) is 12.2 Å². The fraction of sp³-hybridized carbons (Fsp3) is 0.875. The van der Waals surface area contributed by atoms with E-state index in [1.165, 1.54) is 96.2 Å². The van der Waals surface area contributed by atoms with E-state index in [4.69, 9.17) is 0 Å². The molecule has 0 heterocycles. The van der Waals surface area contributed by atoms with Gasteiger partial charge >= 0.3 is 0 Å². The third kappa shape index (κ3) is 5.44. The Hall–Kier alpha value is -0.590. The maximum absolute atomic E-state index is 11.0. The summed E-state index contributed by atoms with van der Waals surface area (Å²) in [4.78, 5) is 11.0. The first-order valence-electron chi connectivity index (χ1n) is 11.4. The van der Waals surface area contributed by atoms with Crippen molar-refractivity contribution in [2.24, 2.45) is 35.5 Å². The van der Waals surface area contributed by atoms with Crippen LogP contribution in [0, 0.1) is 35.5 Å². The van der Waals surface area contributed by atoms with Crippen LogP contribution < -0.4 is 0 Å². The zero-order valence-corrected chi connectivity index (χ0v) is 16.5. The molecule has 3 fully saturated rings. The number of allylic oxidation sites excluding steroid dienone is 2. The third-order valence-corrected chi connectivity index (χ3v) is 8.03. The Bertz CT molecular complexity index is 402. The molecule has 0 aromatic carbocycles. The van der Waals surface area contributed by atoms with Crippen LogP contribution in [0.1, 0.15) is 96.8 Å². The molecule has 0 spiro atoms. The first kappa shape index (κ1) is 19.2. The van der Waals surface area contributed by atoms with Crippen LogP contribution in [0.4, 0.5) is 0 Å². The van der Waals surface area contributed by atoms with E-state index < -0.39 is 0 Å². The van der Waals surface area contributed by atoms with Gasteiger partial charge in [0, 0.05) is 5.92 Å². The normalized spacial score (nSPS) is 40.2. The van der Waals surface area contributed by atoms with Crippen molar-refractivity contribution < 1.29 is 4.79 Å². The Labute approximate surface area is 156 Å². The van der Waals surface area contributed by atoms with E-state index in [1.807, 2.05) is 0 Å². The lowest BCUT2D eigenvalue weighted by Gasteiger charge is -2.41. The summed E-state index contributed by atoms with van der Waals surface area (Å²) in [5.74, 6) is 5.41. The Balaban J connectivity index is 1.35. The highest BCUT2D eigenvalue weighted by Crippen LogP contribution is 2.46. The van der Waals surface area contributed by atoms with Gasteiger partial charge in [-0.05, 0) is 114 Å². The molecule has 0 aliphatic heterocycles. The van der Waals surface area contributed by atoms with E-state index in [0.29, 0.717) is 5.92 Å². The van der Waals surface area contributed by atoms with E-state index >= 15 is 0 Å². The minimum absolute atomic E-state index is 0.385. The van der Waals surface area contributed by atoms with E-state index in [-0.39, 0.29) is 0 Å². The van der Waals surface area contributed by atoms with Gasteiger partial charge in [-0.1, -0.05) is 25.0 Å². The molecule has 3 saturated carbocycles. The highest BCUT2D eigenvalue weighted by Gasteiger charge is 2.34. The van der Waals surface area contributed by atoms with Crippen molar-refractivity contribution in [3.05, 3.63) is 12.2 Å². The minimum Gasteiger partial charge on any atom is -0.303 e. The van der Waals surface area contributed by atoms with Crippen LogP contribution in [0.2, 0.25) is 0 Å². The van der Waals surface area contributed by atoms with E-state index in [0.717, 1.165) is 29.6 Å². The topological polar surface area (TPSA) is 17.1 Å². The van der Waals surface area contributed by atoms with Gasteiger partial charge in [0.15, 0.2) is 0 Å². The predicted octanol–water partition coefficient (Wildman–Crippen LogP) is 6.96. The molecule has 3 aliphatic rings. The summed E-state index contributed by atoms with van der Waals surface area (Å²) in [6, 6.07) is 0. The quantitative estimate of drug-likeness (QED) is 0.376. The lowest BCUT2D eigenvalue weighted by molar-refractivity contribution is -0.112. The van der Waals surface area contributed by atoms with Crippen LogP contribution in [0.3, 0.4) is 0 Å². The Morgan fingerprint density at radius 1 is 0.680 bits per heavy atom. The second-order valence-electron chi connectivity index (χ2n) is 9.41. The van der Waals surface area contributed by atoms with Crippen molar-refractivity contribution in [3.63, 3.8) is 0 Å². The van der Waals surface area contributed by atoms with Crippen LogP contribution in [0.25, 0.3) is 0 Å². The molecule has 0 amide bonds. The van der Waals surface area contributed by atoms with E-state index in [2.05, 4.69) is 19.1 Å². The first-order valence-corrected chi connectivity index (χ1v) is 11.4. The molecule has 0 aromatic heterocycles. The van der Waals surface area contributed by atoms with Crippen molar-refractivity contribution in [2.45, 2.75) is 96.8 Å². The second kappa shape index (κ2) is 9.93. The largest absolute Gasteiger partial charge is 0.303 e. The summed E-state index contributed by atoms with van der Waals surface area (Å²) >= 11 is 0. The predicted molar refractivity (Wildman–Crippen MR) is 106 cm³/mol. The Morgan fingerprint density at radius 3 is 1.56 bits per heavy atom. The van der Waals surface area contributed by atoms with Gasteiger partial charge in [0.1, 0.15) is 6.29 Å². The molecule has 0 radical (unpaired) electrons. The number of hydrogen-bond donors (Lipinski definition) is 0. The van der Waals surface area contributed by atoms with Crippen molar-refractivity contribution >= 4 is 6.29 Å². The lowest BCUT2D eigenvalue weighted by atomic mass is 9.65. The van der Waals surface area contributed by atoms with Crippen LogP contribution in [-0.2, 0) is 4.79 Å². The van der Waals surface area contributed by atoms with Gasteiger partial charge in [-0.3, -0.25) is 0 Å². The smallest absolute Gasteiger partial charge is 0.123 e. The maximum atomic E-state index is 11.0. The molecule has 0 atom stereocenters. The van der Waals surface area contributed by atoms with Crippen LogP contribution >= 0.6 is 0 Å².